The molecule has 145 heavy (non-hydrogen) atoms. The topological polar surface area (TPSA) is 330 Å². The van der Waals surface area contributed by atoms with Gasteiger partial charge in [0.2, 0.25) is 0 Å². The van der Waals surface area contributed by atoms with Gasteiger partial charge in [0.15, 0.2) is 11.3 Å². The van der Waals surface area contributed by atoms with E-state index in [0.717, 1.165) is 180 Å². The van der Waals surface area contributed by atoms with E-state index in [1.807, 2.05) is 273 Å². The summed E-state index contributed by atoms with van der Waals surface area (Å²) in [6, 6.07) is 47.7. The molecule has 0 radical (unpaired) electrons. The molecular weight excluding hydrogens is 1820 g/mol. The molecule has 12 atom stereocenters. The summed E-state index contributed by atoms with van der Waals surface area (Å²) in [5.74, 6) is 10.2. The number of hydrogen-bond acceptors (Lipinski definition) is 23. The standard InChI is InChI=1S/2C19H19N5O.C19H18N4O.2C18H17N5O.C17H15N5O/c1-11-17(21-16-9-12(25-3)6-8-24(11)16)13-10-14(13)19-18-15(22-23(19)2)5-4-7-20-18;1-11-17(21-16-9-12(25-3)6-8-24(11)16)13-10-14(13)18-19-15(23(2)22-18)5-4-7-20-19;1-22-17-6-4-3-5-13(17)19(21-22)15-10-14(15)16-11-23-8-7-12(24-2)9-18(23)20-16;1-11-17(21-16-8-12(24-2)4-7-22(11)16)14-9-13(14)15-10-20-23-6-3-5-19-18(15)23;1-22-18(17-14(21-22)4-3-6-19-17)13-9-12(13)15-10-23-7-5-11(24-2)8-16(23)20-15;1-23-11-3-6-21-10-15(20-16(21)7-11)13-8-12(13)14-9-19-22-5-2-4-18-17(14)22/h2*4-9,13-14H,10H2,1-3H3;3-9,11,14-15H,10H2,1-2H3;3-8,10,13-14H,9H2,1-2H3;3-8,10,12-13H,9H2,1-2H3;2-7,9-10,12-13H,8H2,1H3. The zero-order chi connectivity index (χ0) is 98.4. The number of nitrogens with zero attached hydrogens (tertiary/aromatic N) is 29. The van der Waals surface area contributed by atoms with Gasteiger partial charge >= 0.3 is 0 Å². The second-order valence-electron chi connectivity index (χ2n) is 38.5. The maximum Gasteiger partial charge on any atom is 0.158 e. The number of fused-ring (bicyclic) bond motifs is 12. The highest BCUT2D eigenvalue weighted by molar-refractivity contribution is 5.84. The molecule has 12 unspecified atom stereocenters. The van der Waals surface area contributed by atoms with Crippen molar-refractivity contribution in [3.63, 3.8) is 0 Å². The molecule has 23 aromatic heterocycles. The zero-order valence-electron chi connectivity index (χ0n) is 82.3. The van der Waals surface area contributed by atoms with Crippen LogP contribution < -0.4 is 28.4 Å². The first-order valence-corrected chi connectivity index (χ1v) is 48.9. The summed E-state index contributed by atoms with van der Waals surface area (Å²) in [7, 11) is 18.1. The molecule has 0 amide bonds. The Morgan fingerprint density at radius 1 is 0.283 bits per heavy atom. The summed E-state index contributed by atoms with van der Waals surface area (Å²) in [5.41, 5.74) is 32.3. The molecule has 0 bridgehead atoms. The van der Waals surface area contributed by atoms with E-state index in [2.05, 4.69) is 133 Å². The first kappa shape index (κ1) is 89.1. The second kappa shape index (κ2) is 35.7. The van der Waals surface area contributed by atoms with Crippen molar-refractivity contribution in [2.24, 2.45) is 28.2 Å². The summed E-state index contributed by atoms with van der Waals surface area (Å²) >= 11 is 0. The van der Waals surface area contributed by atoms with Crippen molar-refractivity contribution in [1.82, 2.24) is 140 Å². The smallest absolute Gasteiger partial charge is 0.158 e. The van der Waals surface area contributed by atoms with Crippen LogP contribution in [0.5, 0.6) is 34.5 Å². The third-order valence-electron chi connectivity index (χ3n) is 29.8. The predicted molar refractivity (Wildman–Crippen MR) is 547 cm³/mol. The normalized spacial score (nSPS) is 19.9. The van der Waals surface area contributed by atoms with Crippen molar-refractivity contribution in [2.75, 3.05) is 42.7 Å². The van der Waals surface area contributed by atoms with Crippen LogP contribution in [-0.4, -0.2) is 182 Å². The van der Waals surface area contributed by atoms with Crippen LogP contribution in [0.15, 0.2) is 257 Å². The van der Waals surface area contributed by atoms with Gasteiger partial charge in [-0.3, -0.25) is 33.7 Å². The molecule has 30 rings (SSSR count). The number of aromatic nitrogens is 29. The Hall–Kier alpha value is -17.3. The number of hydrogen-bond donors (Lipinski definition) is 0. The molecule has 6 fully saturated rings. The van der Waals surface area contributed by atoms with E-state index in [1.165, 1.54) is 67.6 Å². The van der Waals surface area contributed by atoms with Crippen molar-refractivity contribution in [2.45, 2.75) is 130 Å². The fourth-order valence-corrected chi connectivity index (χ4v) is 21.8. The molecule has 0 aliphatic heterocycles. The molecule has 0 N–H and O–H groups in total. The summed E-state index contributed by atoms with van der Waals surface area (Å²) < 4.78 is 55.8. The van der Waals surface area contributed by atoms with E-state index in [4.69, 9.17) is 68.5 Å². The maximum absolute atomic E-state index is 5.32. The molecule has 24 aromatic rings. The summed E-state index contributed by atoms with van der Waals surface area (Å²) in [5, 5.41) is 28.7. The SMILES string of the molecule is COc1ccn2c(C)c(C3CC3c3c4ncccc4nn3C)nc2c1.COc1ccn2c(C)c(C3CC3c3cnn4cccnc34)nc2c1.COc1ccn2c(C)c(C3CC3c3nn(C)c4cccnc34)nc2c1.COc1ccn2cc(C3CC3c3c4ncccc4nn3C)nc2c1.COc1ccn2cc(C3CC3c3cnn4cccnc34)nc2c1.COc1ccn2cc(C3CC3c3nn(C)c4ccccc34)nc2c1. The minimum Gasteiger partial charge on any atom is -0.497 e. The van der Waals surface area contributed by atoms with Crippen LogP contribution in [0.1, 0.15) is 195 Å². The molecule has 35 nitrogen and oxygen atoms in total. The first-order valence-electron chi connectivity index (χ1n) is 48.9. The largest absolute Gasteiger partial charge is 0.497 e. The number of aryl methyl sites for hydroxylation is 7. The van der Waals surface area contributed by atoms with Crippen LogP contribution in [0.3, 0.4) is 0 Å². The number of pyridine rings is 9. The lowest BCUT2D eigenvalue weighted by Gasteiger charge is -2.02. The van der Waals surface area contributed by atoms with Gasteiger partial charge in [-0.1, -0.05) is 18.2 Å². The maximum atomic E-state index is 5.32. The predicted octanol–water partition coefficient (Wildman–Crippen LogP) is 18.4. The van der Waals surface area contributed by atoms with E-state index in [0.29, 0.717) is 71.0 Å². The summed E-state index contributed by atoms with van der Waals surface area (Å²) in [6.07, 6.45) is 41.9. The second-order valence-corrected chi connectivity index (χ2v) is 38.5. The fourth-order valence-electron chi connectivity index (χ4n) is 21.8. The molecule has 726 valence electrons. The monoisotopic (exact) mass is 1930 g/mol. The lowest BCUT2D eigenvalue weighted by atomic mass is 10.1. The van der Waals surface area contributed by atoms with Crippen molar-refractivity contribution < 1.29 is 28.4 Å². The Bertz CT molecular complexity index is 9100. The van der Waals surface area contributed by atoms with Gasteiger partial charge in [0.25, 0.3) is 0 Å². The minimum absolute atomic E-state index is 0.393. The highest BCUT2D eigenvalue weighted by Gasteiger charge is 2.50. The number of methoxy groups -OCH3 is 6. The lowest BCUT2D eigenvalue weighted by molar-refractivity contribution is 0.414. The molecule has 0 spiro atoms. The van der Waals surface area contributed by atoms with E-state index in [9.17, 15) is 0 Å². The Balaban J connectivity index is 0.0000000909. The Labute approximate surface area is 830 Å². The van der Waals surface area contributed by atoms with Crippen LogP contribution >= 0.6 is 0 Å². The van der Waals surface area contributed by atoms with Crippen LogP contribution in [0.4, 0.5) is 0 Å². The van der Waals surface area contributed by atoms with Gasteiger partial charge in [-0.05, 0) is 162 Å². The third kappa shape index (κ3) is 16.2. The van der Waals surface area contributed by atoms with Crippen LogP contribution in [0.25, 0.3) is 89.2 Å². The Morgan fingerprint density at radius 2 is 0.621 bits per heavy atom. The number of rotatable bonds is 18. The van der Waals surface area contributed by atoms with Gasteiger partial charge in [-0.15, -0.1) is 0 Å². The number of ether oxygens (including phenoxy) is 6. The molecular formula is C110H105N29O6. The van der Waals surface area contributed by atoms with Crippen LogP contribution in [-0.2, 0) is 28.2 Å². The van der Waals surface area contributed by atoms with Gasteiger partial charge in [0.05, 0.1) is 123 Å². The number of para-hydroxylation sites is 1. The fraction of sp³-hybridized carbons (Fsp3) is 0.282. The molecule has 1 aromatic carbocycles. The minimum atomic E-state index is 0.393. The molecule has 0 saturated heterocycles. The van der Waals surface area contributed by atoms with E-state index in [1.54, 1.807) is 42.7 Å². The van der Waals surface area contributed by atoms with Gasteiger partial charge in [-0.2, -0.15) is 30.6 Å². The van der Waals surface area contributed by atoms with Gasteiger partial charge in [-0.25, -0.2) is 48.9 Å². The van der Waals surface area contributed by atoms with Crippen molar-refractivity contribution in [3.05, 3.63) is 342 Å². The quantitative estimate of drug-likeness (QED) is 0.0770. The summed E-state index contributed by atoms with van der Waals surface area (Å²) in [6.45, 7) is 6.40. The Kier molecular flexibility index (Phi) is 22.0. The van der Waals surface area contributed by atoms with Gasteiger partial charge < -0.3 is 54.8 Å². The van der Waals surface area contributed by atoms with Gasteiger partial charge in [0.1, 0.15) is 96.0 Å². The molecule has 23 heterocycles. The van der Waals surface area contributed by atoms with Crippen LogP contribution in [0.2, 0.25) is 0 Å². The highest BCUT2D eigenvalue weighted by Crippen LogP contribution is 2.61. The van der Waals surface area contributed by atoms with Crippen molar-refractivity contribution in [3.8, 4) is 34.5 Å². The van der Waals surface area contributed by atoms with Gasteiger partial charge in [0, 0.05) is 257 Å². The van der Waals surface area contributed by atoms with Crippen LogP contribution in [0, 0.1) is 20.8 Å². The highest BCUT2D eigenvalue weighted by atomic mass is 16.5. The molecule has 35 heteroatoms. The number of benzene rings is 1. The lowest BCUT2D eigenvalue weighted by Crippen LogP contribution is -1.98. The molecule has 6 aliphatic rings. The van der Waals surface area contributed by atoms with E-state index in [-0.39, 0.29) is 0 Å². The average molecular weight is 1930 g/mol. The average Bonchev–Trinajstić information content (AvgIpc) is 1.54. The van der Waals surface area contributed by atoms with Crippen molar-refractivity contribution >= 4 is 89.2 Å². The number of imidazole rings is 6. The summed E-state index contributed by atoms with van der Waals surface area (Å²) in [4.78, 5) is 51.5. The zero-order valence-corrected chi connectivity index (χ0v) is 82.3. The third-order valence-corrected chi connectivity index (χ3v) is 29.8. The molecule has 6 saturated carbocycles. The van der Waals surface area contributed by atoms with E-state index >= 15 is 0 Å². The first-order chi connectivity index (χ1) is 70.9. The molecule has 6 aliphatic carbocycles. The Morgan fingerprint density at radius 3 is 1.10 bits per heavy atom. The van der Waals surface area contributed by atoms with E-state index < -0.39 is 0 Å². The van der Waals surface area contributed by atoms with Crippen molar-refractivity contribution in [1.29, 1.82) is 0 Å².